The summed E-state index contributed by atoms with van der Waals surface area (Å²) in [5.41, 5.74) is -0.203. The molecule has 0 heterocycles. The molecule has 1 fully saturated rings. The molecule has 3 nitrogen and oxygen atoms in total. The van der Waals surface area contributed by atoms with Gasteiger partial charge in [-0.05, 0) is 43.0 Å². The Balaban J connectivity index is 1.77. The van der Waals surface area contributed by atoms with Gasteiger partial charge in [0.15, 0.2) is 0 Å². The summed E-state index contributed by atoms with van der Waals surface area (Å²) >= 11 is 0. The van der Waals surface area contributed by atoms with Crippen molar-refractivity contribution in [2.75, 3.05) is 18.4 Å². The molecule has 0 aliphatic heterocycles. The summed E-state index contributed by atoms with van der Waals surface area (Å²) < 4.78 is 37.0. The highest BCUT2D eigenvalue weighted by Crippen LogP contribution is 2.29. The molecule has 1 amide bonds. The molecule has 1 aromatic carbocycles. The van der Waals surface area contributed by atoms with E-state index in [0.717, 1.165) is 25.0 Å². The summed E-state index contributed by atoms with van der Waals surface area (Å²) in [4.78, 5) is 11.4. The van der Waals surface area contributed by atoms with E-state index < -0.39 is 11.7 Å². The highest BCUT2D eigenvalue weighted by atomic mass is 19.4. The molecule has 1 aliphatic carbocycles. The maximum Gasteiger partial charge on any atom is 0.416 e. The van der Waals surface area contributed by atoms with Gasteiger partial charge in [-0.25, -0.2) is 0 Å². The quantitative estimate of drug-likeness (QED) is 0.865. The summed E-state index contributed by atoms with van der Waals surface area (Å²) in [5, 5.41) is 5.56. The number of nitrogens with one attached hydrogen (secondary N) is 2. The smallest absolute Gasteiger partial charge is 0.376 e. The molecule has 0 spiro atoms. The predicted octanol–water partition coefficient (Wildman–Crippen LogP) is 2.64. The van der Waals surface area contributed by atoms with Gasteiger partial charge in [0.25, 0.3) is 0 Å². The van der Waals surface area contributed by atoms with Crippen LogP contribution in [0.1, 0.15) is 18.4 Å². The van der Waals surface area contributed by atoms with Crippen molar-refractivity contribution in [1.29, 1.82) is 0 Å². The monoisotopic (exact) mass is 272 g/mol. The lowest BCUT2D eigenvalue weighted by Gasteiger charge is -2.09. The van der Waals surface area contributed by atoms with Gasteiger partial charge in [0, 0.05) is 12.2 Å². The first-order chi connectivity index (χ1) is 8.95. The molecule has 1 aromatic rings. The maximum absolute atomic E-state index is 12.3. The SMILES string of the molecule is O=C(CNc1ccc(C(F)(F)F)cc1)NCC1CC1. The predicted molar refractivity (Wildman–Crippen MR) is 65.7 cm³/mol. The van der Waals surface area contributed by atoms with Crippen molar-refractivity contribution in [1.82, 2.24) is 5.32 Å². The van der Waals surface area contributed by atoms with Gasteiger partial charge in [-0.1, -0.05) is 0 Å². The topological polar surface area (TPSA) is 41.1 Å². The number of halogens is 3. The first-order valence-electron chi connectivity index (χ1n) is 6.13. The Morgan fingerprint density at radius 3 is 2.37 bits per heavy atom. The van der Waals surface area contributed by atoms with Crippen LogP contribution in [0.5, 0.6) is 0 Å². The Hall–Kier alpha value is -1.72. The fourth-order valence-electron chi connectivity index (χ4n) is 1.60. The molecule has 0 bridgehead atoms. The molecule has 0 aromatic heterocycles. The zero-order chi connectivity index (χ0) is 13.9. The van der Waals surface area contributed by atoms with Crippen molar-refractivity contribution in [3.63, 3.8) is 0 Å². The van der Waals surface area contributed by atoms with Gasteiger partial charge in [-0.15, -0.1) is 0 Å². The van der Waals surface area contributed by atoms with Crippen LogP contribution in [0.3, 0.4) is 0 Å². The average Bonchev–Trinajstić information content (AvgIpc) is 3.17. The largest absolute Gasteiger partial charge is 0.416 e. The summed E-state index contributed by atoms with van der Waals surface area (Å²) in [6, 6.07) is 4.61. The molecule has 19 heavy (non-hydrogen) atoms. The molecule has 1 aliphatic rings. The van der Waals surface area contributed by atoms with Crippen LogP contribution < -0.4 is 10.6 Å². The third-order valence-corrected chi connectivity index (χ3v) is 2.95. The number of carbonyl (C=O) groups is 1. The van der Waals surface area contributed by atoms with E-state index in [4.69, 9.17) is 0 Å². The van der Waals surface area contributed by atoms with Gasteiger partial charge in [0.05, 0.1) is 12.1 Å². The average molecular weight is 272 g/mol. The van der Waals surface area contributed by atoms with Crippen molar-refractivity contribution in [3.8, 4) is 0 Å². The fraction of sp³-hybridized carbons (Fsp3) is 0.462. The molecule has 6 heteroatoms. The summed E-state index contributed by atoms with van der Waals surface area (Å²) in [6.07, 6.45) is -2.01. The fourth-order valence-corrected chi connectivity index (χ4v) is 1.60. The lowest BCUT2D eigenvalue weighted by atomic mass is 10.2. The molecular weight excluding hydrogens is 257 g/mol. The second kappa shape index (κ2) is 5.50. The van der Waals surface area contributed by atoms with E-state index in [0.29, 0.717) is 18.2 Å². The number of benzene rings is 1. The summed E-state index contributed by atoms with van der Waals surface area (Å²) in [5.74, 6) is 0.460. The summed E-state index contributed by atoms with van der Waals surface area (Å²) in [6.45, 7) is 0.756. The number of rotatable bonds is 5. The lowest BCUT2D eigenvalue weighted by molar-refractivity contribution is -0.137. The zero-order valence-corrected chi connectivity index (χ0v) is 10.3. The van der Waals surface area contributed by atoms with Crippen LogP contribution in [0.25, 0.3) is 0 Å². The van der Waals surface area contributed by atoms with Crippen molar-refractivity contribution in [3.05, 3.63) is 29.8 Å². The molecule has 1 saturated carbocycles. The molecule has 0 unspecified atom stereocenters. The molecule has 0 saturated heterocycles. The minimum atomic E-state index is -4.33. The summed E-state index contributed by atoms with van der Waals surface area (Å²) in [7, 11) is 0. The van der Waals surface area contributed by atoms with Crippen molar-refractivity contribution < 1.29 is 18.0 Å². The van der Waals surface area contributed by atoms with E-state index in [-0.39, 0.29) is 12.5 Å². The molecule has 0 atom stereocenters. The number of amides is 1. The number of anilines is 1. The van der Waals surface area contributed by atoms with Crippen LogP contribution >= 0.6 is 0 Å². The van der Waals surface area contributed by atoms with Gasteiger partial charge in [-0.3, -0.25) is 4.79 Å². The van der Waals surface area contributed by atoms with Crippen molar-refractivity contribution in [2.24, 2.45) is 5.92 Å². The zero-order valence-electron chi connectivity index (χ0n) is 10.3. The molecule has 2 N–H and O–H groups in total. The van der Waals surface area contributed by atoms with Gasteiger partial charge in [0.1, 0.15) is 0 Å². The van der Waals surface area contributed by atoms with E-state index >= 15 is 0 Å². The minimum Gasteiger partial charge on any atom is -0.376 e. The Morgan fingerprint density at radius 2 is 1.84 bits per heavy atom. The van der Waals surface area contributed by atoms with E-state index in [9.17, 15) is 18.0 Å². The van der Waals surface area contributed by atoms with Crippen molar-refractivity contribution in [2.45, 2.75) is 19.0 Å². The third-order valence-electron chi connectivity index (χ3n) is 2.95. The van der Waals surface area contributed by atoms with E-state index in [1.54, 1.807) is 0 Å². The van der Waals surface area contributed by atoms with E-state index in [2.05, 4.69) is 10.6 Å². The number of hydrogen-bond acceptors (Lipinski definition) is 2. The molecular formula is C13H15F3N2O. The Bertz CT molecular complexity index is 438. The lowest BCUT2D eigenvalue weighted by Crippen LogP contribution is -2.31. The number of carbonyl (C=O) groups excluding carboxylic acids is 1. The Labute approximate surface area is 109 Å². The van der Waals surface area contributed by atoms with Crippen LogP contribution in [-0.2, 0) is 11.0 Å². The minimum absolute atomic E-state index is 0.0675. The first kappa shape index (κ1) is 13.7. The maximum atomic E-state index is 12.3. The second-order valence-corrected chi connectivity index (χ2v) is 4.68. The van der Waals surface area contributed by atoms with Crippen LogP contribution in [0.4, 0.5) is 18.9 Å². The van der Waals surface area contributed by atoms with Gasteiger partial charge in [-0.2, -0.15) is 13.2 Å². The first-order valence-corrected chi connectivity index (χ1v) is 6.13. The highest BCUT2D eigenvalue weighted by molar-refractivity contribution is 5.80. The molecule has 0 radical (unpaired) electrons. The molecule has 104 valence electrons. The Kier molecular flexibility index (Phi) is 3.97. The van der Waals surface area contributed by atoms with E-state index in [1.807, 2.05) is 0 Å². The Morgan fingerprint density at radius 1 is 1.21 bits per heavy atom. The third kappa shape index (κ3) is 4.46. The van der Waals surface area contributed by atoms with E-state index in [1.165, 1.54) is 12.1 Å². The van der Waals surface area contributed by atoms with Gasteiger partial charge in [0.2, 0.25) is 5.91 Å². The van der Waals surface area contributed by atoms with Gasteiger partial charge < -0.3 is 10.6 Å². The normalized spacial score (nSPS) is 15.1. The number of hydrogen-bond donors (Lipinski definition) is 2. The van der Waals surface area contributed by atoms with Crippen LogP contribution in [0.2, 0.25) is 0 Å². The number of alkyl halides is 3. The molecule has 2 rings (SSSR count). The highest BCUT2D eigenvalue weighted by Gasteiger charge is 2.29. The second-order valence-electron chi connectivity index (χ2n) is 4.68. The van der Waals surface area contributed by atoms with Crippen molar-refractivity contribution >= 4 is 11.6 Å². The van der Waals surface area contributed by atoms with Crippen LogP contribution in [0.15, 0.2) is 24.3 Å². The van der Waals surface area contributed by atoms with Crippen LogP contribution in [0, 0.1) is 5.92 Å². The standard InChI is InChI=1S/C13H15F3N2O/c14-13(15,16)10-3-5-11(6-4-10)17-8-12(19)18-7-9-1-2-9/h3-6,9,17H,1-2,7-8H2,(H,18,19). The van der Waals surface area contributed by atoms with Gasteiger partial charge >= 0.3 is 6.18 Å². The van der Waals surface area contributed by atoms with Crippen LogP contribution in [-0.4, -0.2) is 19.0 Å².